The van der Waals surface area contributed by atoms with E-state index < -0.39 is 12.1 Å². The van der Waals surface area contributed by atoms with E-state index in [1.807, 2.05) is 17.5 Å². The topological polar surface area (TPSA) is 46.5 Å². The third-order valence-corrected chi connectivity index (χ3v) is 2.35. The van der Waals surface area contributed by atoms with Gasteiger partial charge in [0.1, 0.15) is 0 Å². The molecule has 1 rings (SSSR count). The second kappa shape index (κ2) is 5.57. The second-order valence-electron chi connectivity index (χ2n) is 2.57. The van der Waals surface area contributed by atoms with E-state index in [4.69, 9.17) is 0 Å². The number of ether oxygens (including phenoxy) is 1. The third-order valence-electron chi connectivity index (χ3n) is 1.51. The van der Waals surface area contributed by atoms with Gasteiger partial charge in [0.05, 0.1) is 6.61 Å². The lowest BCUT2D eigenvalue weighted by molar-refractivity contribution is -0.150. The molecule has 0 saturated carbocycles. The first kappa shape index (κ1) is 10.9. The fraction of sp³-hybridized carbons (Fsp3) is 0.300. The van der Waals surface area contributed by atoms with E-state index in [0.717, 1.165) is 4.88 Å². The van der Waals surface area contributed by atoms with Crippen LogP contribution in [0.4, 0.5) is 0 Å². The van der Waals surface area contributed by atoms with Crippen molar-refractivity contribution in [2.24, 2.45) is 0 Å². The first-order valence-electron chi connectivity index (χ1n) is 4.30. The molecule has 0 unspecified atom stereocenters. The van der Waals surface area contributed by atoms with Crippen LogP contribution < -0.4 is 0 Å². The molecule has 1 atom stereocenters. The van der Waals surface area contributed by atoms with Gasteiger partial charge in [0.25, 0.3) is 0 Å². The first-order chi connectivity index (χ1) is 6.74. The lowest BCUT2D eigenvalue weighted by Crippen LogP contribution is -2.20. The van der Waals surface area contributed by atoms with Crippen LogP contribution in [0.2, 0.25) is 0 Å². The summed E-state index contributed by atoms with van der Waals surface area (Å²) in [6.07, 6.45) is 1.95. The molecule has 76 valence electrons. The number of rotatable bonds is 4. The molecule has 4 heteroatoms. The zero-order chi connectivity index (χ0) is 10.4. The molecule has 0 radical (unpaired) electrons. The number of carbonyl (C=O) groups excluding carboxylic acids is 1. The number of thiophene rings is 1. The monoisotopic (exact) mass is 212 g/mol. The van der Waals surface area contributed by atoms with Crippen molar-refractivity contribution in [1.29, 1.82) is 0 Å². The van der Waals surface area contributed by atoms with Crippen molar-refractivity contribution in [2.75, 3.05) is 6.61 Å². The summed E-state index contributed by atoms with van der Waals surface area (Å²) in [4.78, 5) is 12.0. The van der Waals surface area contributed by atoms with E-state index in [9.17, 15) is 9.90 Å². The van der Waals surface area contributed by atoms with Crippen molar-refractivity contribution in [3.05, 3.63) is 28.5 Å². The summed E-state index contributed by atoms with van der Waals surface area (Å²) >= 11 is 1.54. The molecule has 1 aromatic rings. The molecule has 0 bridgehead atoms. The molecule has 0 fully saturated rings. The molecule has 1 N–H and O–H groups in total. The Morgan fingerprint density at radius 2 is 2.57 bits per heavy atom. The van der Waals surface area contributed by atoms with Gasteiger partial charge in [-0.2, -0.15) is 0 Å². The number of aliphatic hydroxyl groups is 1. The summed E-state index contributed by atoms with van der Waals surface area (Å²) in [7, 11) is 0. The van der Waals surface area contributed by atoms with Crippen LogP contribution >= 0.6 is 11.3 Å². The normalized spacial score (nSPS) is 13.0. The summed E-state index contributed by atoms with van der Waals surface area (Å²) in [6, 6.07) is 3.81. The Bertz CT molecular complexity index is 303. The van der Waals surface area contributed by atoms with Gasteiger partial charge in [0, 0.05) is 4.88 Å². The smallest absolute Gasteiger partial charge is 0.339 e. The predicted molar refractivity (Wildman–Crippen MR) is 56.0 cm³/mol. The maximum absolute atomic E-state index is 11.0. The highest BCUT2D eigenvalue weighted by atomic mass is 32.1. The Morgan fingerprint density at radius 3 is 3.14 bits per heavy atom. The molecule has 1 heterocycles. The van der Waals surface area contributed by atoms with Gasteiger partial charge in [-0.15, -0.1) is 11.3 Å². The number of hydrogen-bond donors (Lipinski definition) is 1. The van der Waals surface area contributed by atoms with Gasteiger partial charge >= 0.3 is 5.97 Å². The zero-order valence-corrected chi connectivity index (χ0v) is 8.66. The summed E-state index contributed by atoms with van der Waals surface area (Å²) in [5, 5.41) is 11.2. The van der Waals surface area contributed by atoms with Crippen LogP contribution in [-0.2, 0) is 9.53 Å². The Hall–Kier alpha value is -1.13. The zero-order valence-electron chi connectivity index (χ0n) is 7.84. The molecule has 0 aliphatic carbocycles. The Labute approximate surface area is 86.6 Å². The maximum atomic E-state index is 11.0. The van der Waals surface area contributed by atoms with E-state index in [0.29, 0.717) is 0 Å². The quantitative estimate of drug-likeness (QED) is 0.772. The predicted octanol–water partition coefficient (Wildman–Crippen LogP) is 1.69. The van der Waals surface area contributed by atoms with E-state index >= 15 is 0 Å². The second-order valence-corrected chi connectivity index (χ2v) is 3.55. The SMILES string of the molecule is CCOC(=O)[C@@H](O)/C=C/c1cccs1. The summed E-state index contributed by atoms with van der Waals surface area (Å²) in [5.41, 5.74) is 0. The van der Waals surface area contributed by atoms with Gasteiger partial charge in [-0.3, -0.25) is 0 Å². The lowest BCUT2D eigenvalue weighted by Gasteiger charge is -2.03. The number of hydrogen-bond acceptors (Lipinski definition) is 4. The molecular formula is C10H12O3S. The first-order valence-corrected chi connectivity index (χ1v) is 5.18. The van der Waals surface area contributed by atoms with Gasteiger partial charge in [-0.25, -0.2) is 4.79 Å². The standard InChI is InChI=1S/C10H12O3S/c1-2-13-10(12)9(11)6-5-8-4-3-7-14-8/h3-7,9,11H,2H2,1H3/b6-5+/t9-/m0/s1. The third kappa shape index (κ3) is 3.32. The van der Waals surface area contributed by atoms with Crippen LogP contribution in [0.15, 0.2) is 23.6 Å². The summed E-state index contributed by atoms with van der Waals surface area (Å²) in [6.45, 7) is 1.98. The molecule has 3 nitrogen and oxygen atoms in total. The van der Waals surface area contributed by atoms with Crippen LogP contribution in [0.5, 0.6) is 0 Å². The lowest BCUT2D eigenvalue weighted by atomic mass is 10.3. The van der Waals surface area contributed by atoms with E-state index in [2.05, 4.69) is 4.74 Å². The molecule has 14 heavy (non-hydrogen) atoms. The molecule has 0 aliphatic rings. The van der Waals surface area contributed by atoms with E-state index in [-0.39, 0.29) is 6.61 Å². The van der Waals surface area contributed by atoms with Gasteiger partial charge in [-0.05, 0) is 30.5 Å². The van der Waals surface area contributed by atoms with Crippen LogP contribution in [0.25, 0.3) is 6.08 Å². The highest BCUT2D eigenvalue weighted by Gasteiger charge is 2.11. The minimum Gasteiger partial charge on any atom is -0.464 e. The van der Waals surface area contributed by atoms with Crippen molar-refractivity contribution in [1.82, 2.24) is 0 Å². The largest absolute Gasteiger partial charge is 0.464 e. The van der Waals surface area contributed by atoms with Crippen LogP contribution in [-0.4, -0.2) is 23.8 Å². The van der Waals surface area contributed by atoms with Gasteiger partial charge in [-0.1, -0.05) is 6.07 Å². The molecular weight excluding hydrogens is 200 g/mol. The molecule has 0 amide bonds. The fourth-order valence-corrected chi connectivity index (χ4v) is 1.51. The molecule has 0 spiro atoms. The van der Waals surface area contributed by atoms with Crippen molar-refractivity contribution in [2.45, 2.75) is 13.0 Å². The highest BCUT2D eigenvalue weighted by Crippen LogP contribution is 2.10. The van der Waals surface area contributed by atoms with Crippen LogP contribution in [0, 0.1) is 0 Å². The van der Waals surface area contributed by atoms with E-state index in [1.165, 1.54) is 17.4 Å². The van der Waals surface area contributed by atoms with Gasteiger partial charge in [0.15, 0.2) is 6.10 Å². The summed E-state index contributed by atoms with van der Waals surface area (Å²) in [5.74, 6) is -0.611. The number of aliphatic hydroxyl groups excluding tert-OH is 1. The summed E-state index contributed by atoms with van der Waals surface area (Å²) < 4.78 is 4.64. The molecule has 0 aliphatic heterocycles. The molecule has 0 saturated heterocycles. The van der Waals surface area contributed by atoms with Gasteiger partial charge < -0.3 is 9.84 Å². The molecule has 1 aromatic heterocycles. The Kier molecular flexibility index (Phi) is 4.35. The maximum Gasteiger partial charge on any atom is 0.339 e. The Morgan fingerprint density at radius 1 is 1.79 bits per heavy atom. The average molecular weight is 212 g/mol. The van der Waals surface area contributed by atoms with Crippen molar-refractivity contribution < 1.29 is 14.6 Å². The fourth-order valence-electron chi connectivity index (χ4n) is 0.878. The van der Waals surface area contributed by atoms with Crippen LogP contribution in [0.3, 0.4) is 0 Å². The highest BCUT2D eigenvalue weighted by molar-refractivity contribution is 7.10. The average Bonchev–Trinajstić information content (AvgIpc) is 2.67. The van der Waals surface area contributed by atoms with Crippen LogP contribution in [0.1, 0.15) is 11.8 Å². The van der Waals surface area contributed by atoms with E-state index in [1.54, 1.807) is 13.0 Å². The number of carbonyl (C=O) groups is 1. The van der Waals surface area contributed by atoms with Crippen molar-refractivity contribution >= 4 is 23.4 Å². The Balaban J connectivity index is 2.47. The minimum absolute atomic E-state index is 0.280. The minimum atomic E-state index is -1.17. The van der Waals surface area contributed by atoms with Crippen molar-refractivity contribution in [3.8, 4) is 0 Å². The van der Waals surface area contributed by atoms with Crippen molar-refractivity contribution in [3.63, 3.8) is 0 Å². The number of esters is 1. The molecule has 0 aromatic carbocycles. The van der Waals surface area contributed by atoms with Gasteiger partial charge in [0.2, 0.25) is 0 Å².